The second-order valence-electron chi connectivity index (χ2n) is 18.0. The zero-order chi connectivity index (χ0) is 41.3. The van der Waals surface area contributed by atoms with Gasteiger partial charge in [0.1, 0.15) is 0 Å². The van der Waals surface area contributed by atoms with Gasteiger partial charge in [-0.2, -0.15) is 0 Å². The quantitative estimate of drug-likeness (QED) is 0.0389. The second-order valence-corrected chi connectivity index (χ2v) is 27.8. The fraction of sp³-hybridized carbons (Fsp3) is 0.527. The van der Waals surface area contributed by atoms with Gasteiger partial charge in [0.05, 0.1) is 0 Å². The maximum absolute atomic E-state index is 17.5. The molecule has 0 saturated heterocycles. The molecule has 0 fully saturated rings. The fourth-order valence-electron chi connectivity index (χ4n) is 10.2. The minimum absolute atomic E-state index is 0.555. The molecule has 0 bridgehead atoms. The molecular weight excluding hydrogens is 742 g/mol. The van der Waals surface area contributed by atoms with E-state index in [9.17, 15) is 0 Å². The van der Waals surface area contributed by atoms with E-state index in [1.54, 1.807) is 0 Å². The third-order valence-corrected chi connectivity index (χ3v) is 23.9. The molecule has 3 aromatic rings. The van der Waals surface area contributed by atoms with Crippen LogP contribution in [0.1, 0.15) is 179 Å². The molecule has 3 heteroatoms. The third-order valence-electron chi connectivity index (χ3n) is 13.5. The van der Waals surface area contributed by atoms with Crippen molar-refractivity contribution in [2.24, 2.45) is 0 Å². The number of benzene rings is 3. The Hall–Kier alpha value is -2.59. The molecule has 0 saturated carbocycles. The summed E-state index contributed by atoms with van der Waals surface area (Å²) in [4.78, 5) is 0. The summed E-state index contributed by atoms with van der Waals surface area (Å²) in [6.45, 7) is 16.6. The van der Waals surface area contributed by atoms with Gasteiger partial charge in [-0.3, -0.25) is 0 Å². The van der Waals surface area contributed by atoms with Gasteiger partial charge < -0.3 is 0 Å². The van der Waals surface area contributed by atoms with E-state index >= 15 is 4.39 Å². The van der Waals surface area contributed by atoms with Crippen molar-refractivity contribution >= 4 is 31.4 Å². The predicted molar refractivity (Wildman–Crippen MR) is 264 cm³/mol. The molecule has 1 aliphatic heterocycles. The van der Waals surface area contributed by atoms with E-state index < -0.39 is 17.9 Å². The standard InChI is InChI=1S/C55H79FP2/c1-7-11-15-17-18-19-20-21-22-24-36-52(56)45(5)53(46(6)57-58(41-13-9-3,42-14-10-4)43-29-30-44-58)55(40-39-48-32-26-28-35-51(48)55)54-49(33-23-16-12-8-2)38-37-47-31-25-27-34-50(47)54/h25-32,34-35,37-40,43-44,52,57H,6-24,33,36,41-42H2,1-5H3/b53-45+. The number of rotatable bonds is 28. The molecule has 0 N–H and O–H groups in total. The first kappa shape index (κ1) is 46.5. The summed E-state index contributed by atoms with van der Waals surface area (Å²) in [5.41, 5.74) is 6.75. The number of fused-ring (bicyclic) bond motifs is 2. The molecule has 3 unspecified atom stereocenters. The molecule has 2 aliphatic rings. The third kappa shape index (κ3) is 11.0. The Morgan fingerprint density at radius 1 is 0.672 bits per heavy atom. The normalized spacial score (nSPS) is 19.4. The molecule has 3 atom stereocenters. The summed E-state index contributed by atoms with van der Waals surface area (Å²) in [6.07, 6.45) is 32.4. The van der Waals surface area contributed by atoms with Gasteiger partial charge in [-0.25, -0.2) is 0 Å². The van der Waals surface area contributed by atoms with Crippen molar-refractivity contribution < 1.29 is 4.39 Å². The Morgan fingerprint density at radius 2 is 1.24 bits per heavy atom. The van der Waals surface area contributed by atoms with Crippen LogP contribution in [0.25, 0.3) is 16.8 Å². The Labute approximate surface area is 357 Å². The molecule has 0 radical (unpaired) electrons. The molecule has 0 aromatic heterocycles. The Morgan fingerprint density at radius 3 is 1.90 bits per heavy atom. The van der Waals surface area contributed by atoms with E-state index in [0.29, 0.717) is 14.7 Å². The van der Waals surface area contributed by atoms with Crippen molar-refractivity contribution in [1.29, 1.82) is 0 Å². The van der Waals surface area contributed by atoms with E-state index in [4.69, 9.17) is 6.58 Å². The van der Waals surface area contributed by atoms with Gasteiger partial charge in [-0.05, 0) is 0 Å². The molecule has 316 valence electrons. The van der Waals surface area contributed by atoms with Gasteiger partial charge in [0.2, 0.25) is 0 Å². The molecule has 3 aromatic carbocycles. The first-order valence-corrected chi connectivity index (χ1v) is 28.4. The first-order valence-electron chi connectivity index (χ1n) is 23.8. The van der Waals surface area contributed by atoms with E-state index in [0.717, 1.165) is 31.3 Å². The van der Waals surface area contributed by atoms with Crippen LogP contribution in [0.3, 0.4) is 0 Å². The Kier molecular flexibility index (Phi) is 18.3. The van der Waals surface area contributed by atoms with Crippen molar-refractivity contribution in [3.05, 3.63) is 136 Å². The average Bonchev–Trinajstić information content (AvgIpc) is 3.84. The molecule has 0 nitrogen and oxygen atoms in total. The van der Waals surface area contributed by atoms with Crippen molar-refractivity contribution in [2.75, 3.05) is 12.3 Å². The molecule has 58 heavy (non-hydrogen) atoms. The van der Waals surface area contributed by atoms with Gasteiger partial charge in [-0.15, -0.1) is 0 Å². The van der Waals surface area contributed by atoms with Crippen molar-refractivity contribution in [1.82, 2.24) is 0 Å². The first-order chi connectivity index (χ1) is 28.3. The minimum atomic E-state index is -2.48. The van der Waals surface area contributed by atoms with E-state index in [1.165, 1.54) is 153 Å². The summed E-state index contributed by atoms with van der Waals surface area (Å²) in [5, 5.41) is 3.74. The van der Waals surface area contributed by atoms with Gasteiger partial charge >= 0.3 is 326 Å². The average molecular weight is 821 g/mol. The number of alkyl halides is 1. The molecule has 5 rings (SSSR count). The summed E-state index contributed by atoms with van der Waals surface area (Å²) >= 11 is 0. The van der Waals surface area contributed by atoms with Crippen LogP contribution in [0.15, 0.2) is 114 Å². The van der Waals surface area contributed by atoms with Gasteiger partial charge in [0.15, 0.2) is 0 Å². The monoisotopic (exact) mass is 821 g/mol. The van der Waals surface area contributed by atoms with Crippen molar-refractivity contribution in [2.45, 2.75) is 175 Å². The van der Waals surface area contributed by atoms with Gasteiger partial charge in [0.25, 0.3) is 0 Å². The van der Waals surface area contributed by atoms with E-state index in [-0.39, 0.29) is 0 Å². The summed E-state index contributed by atoms with van der Waals surface area (Å²) in [6, 6.07) is 22.7. The summed E-state index contributed by atoms with van der Waals surface area (Å²) in [5.74, 6) is 5.32. The molecule has 1 aliphatic carbocycles. The number of aryl methyl sites for hydroxylation is 1. The molecule has 1 heterocycles. The van der Waals surface area contributed by atoms with Crippen LogP contribution in [0.2, 0.25) is 0 Å². The fourth-order valence-corrected chi connectivity index (χ4v) is 20.9. The van der Waals surface area contributed by atoms with E-state index in [1.807, 2.05) is 0 Å². The number of hydrogen-bond donors (Lipinski definition) is 0. The summed E-state index contributed by atoms with van der Waals surface area (Å²) in [7, 11) is 0.555. The van der Waals surface area contributed by atoms with E-state index in [2.05, 4.69) is 131 Å². The topological polar surface area (TPSA) is 0 Å². The second kappa shape index (κ2) is 22.9. The zero-order valence-corrected chi connectivity index (χ0v) is 39.3. The number of unbranched alkanes of at least 4 members (excludes halogenated alkanes) is 14. The zero-order valence-electron chi connectivity index (χ0n) is 37.4. The number of allylic oxidation sites excluding steroid dienone is 6. The van der Waals surface area contributed by atoms with Crippen LogP contribution in [-0.2, 0) is 11.8 Å². The Bertz CT molecular complexity index is 1870. The van der Waals surface area contributed by atoms with Crippen LogP contribution in [0, 0.1) is 0 Å². The van der Waals surface area contributed by atoms with Crippen LogP contribution in [0.5, 0.6) is 0 Å². The van der Waals surface area contributed by atoms with Crippen LogP contribution >= 0.6 is 14.6 Å². The Balaban J connectivity index is 1.66. The van der Waals surface area contributed by atoms with Crippen LogP contribution in [0.4, 0.5) is 4.39 Å². The van der Waals surface area contributed by atoms with Gasteiger partial charge in [0, 0.05) is 0 Å². The maximum atomic E-state index is 17.5. The molecular formula is C55H79FP2. The van der Waals surface area contributed by atoms with Crippen LogP contribution < -0.4 is 0 Å². The van der Waals surface area contributed by atoms with Crippen LogP contribution in [-0.4, -0.2) is 18.5 Å². The van der Waals surface area contributed by atoms with Gasteiger partial charge in [-0.1, -0.05) is 32.6 Å². The molecule has 0 amide bonds. The molecule has 0 spiro atoms. The number of hydrogen-bond acceptors (Lipinski definition) is 0. The summed E-state index contributed by atoms with van der Waals surface area (Å²) < 4.78 is 17.5. The number of halogens is 1. The van der Waals surface area contributed by atoms with Crippen molar-refractivity contribution in [3.8, 4) is 0 Å². The van der Waals surface area contributed by atoms with Crippen molar-refractivity contribution in [3.63, 3.8) is 0 Å². The SMILES string of the molecule is C=C(PP1(CCCC)(CCCC)C=CC=C1)/C(=C(/C)C(F)CCCCCCCCCCCC)C1(c2c(CCCCCC)ccc3ccccc23)C=Cc2ccccc21. The predicted octanol–water partition coefficient (Wildman–Crippen LogP) is 18.5.